The van der Waals surface area contributed by atoms with Crippen LogP contribution in [0, 0.1) is 11.2 Å². The quantitative estimate of drug-likeness (QED) is 0.609. The van der Waals surface area contributed by atoms with Gasteiger partial charge in [-0.3, -0.25) is 19.5 Å². The molecule has 2 N–H and O–H groups in total. The van der Waals surface area contributed by atoms with Gasteiger partial charge in [-0.1, -0.05) is 24.6 Å². The third-order valence-corrected chi connectivity index (χ3v) is 7.61. The summed E-state index contributed by atoms with van der Waals surface area (Å²) in [6, 6.07) is 11.7. The second-order valence-corrected chi connectivity index (χ2v) is 10.1. The number of piperidine rings is 1. The van der Waals surface area contributed by atoms with Gasteiger partial charge in [0.05, 0.1) is 22.8 Å². The van der Waals surface area contributed by atoms with E-state index in [1.807, 2.05) is 18.2 Å². The number of carbonyl (C=O) groups is 2. The fraction of sp³-hybridized carbons (Fsp3) is 0.536. The van der Waals surface area contributed by atoms with Crippen molar-refractivity contribution in [3.63, 3.8) is 0 Å². The lowest BCUT2D eigenvalue weighted by molar-refractivity contribution is -0.165. The molecule has 2 aliphatic rings. The van der Waals surface area contributed by atoms with Crippen LogP contribution in [0.5, 0.6) is 0 Å². The number of aromatic nitrogens is 1. The molecule has 0 unspecified atom stereocenters. The lowest BCUT2D eigenvalue weighted by Gasteiger charge is -2.40. The van der Waals surface area contributed by atoms with E-state index in [9.17, 15) is 24.2 Å². The van der Waals surface area contributed by atoms with E-state index < -0.39 is 29.3 Å². The molecule has 2 aliphatic heterocycles. The minimum absolute atomic E-state index is 0.0166. The summed E-state index contributed by atoms with van der Waals surface area (Å²) in [6.07, 6.45) is 2.58. The maximum atomic E-state index is 14.3. The van der Waals surface area contributed by atoms with Gasteiger partial charge in [0.25, 0.3) is 5.91 Å². The van der Waals surface area contributed by atoms with Gasteiger partial charge in [-0.05, 0) is 69.5 Å². The summed E-state index contributed by atoms with van der Waals surface area (Å²) in [5.74, 6) is -1.37. The normalized spacial score (nSPS) is 24.0. The molecule has 2 fully saturated rings. The number of halogens is 1. The summed E-state index contributed by atoms with van der Waals surface area (Å²) in [4.78, 5) is 34.5. The summed E-state index contributed by atoms with van der Waals surface area (Å²) >= 11 is 0. The first kappa shape index (κ1) is 27.2. The number of cyclic esters (lactones) is 1. The number of amides is 1. The zero-order valence-corrected chi connectivity index (χ0v) is 21.1. The average Bonchev–Trinajstić information content (AvgIpc) is 2.92. The third kappa shape index (κ3) is 6.91. The fourth-order valence-electron chi connectivity index (χ4n) is 5.21. The Morgan fingerprint density at radius 2 is 1.76 bits per heavy atom. The zero-order chi connectivity index (χ0) is 26.3. The molecule has 0 saturated carbocycles. The Kier molecular flexibility index (Phi) is 9.23. The van der Waals surface area contributed by atoms with Crippen molar-refractivity contribution in [2.24, 2.45) is 5.41 Å². The maximum absolute atomic E-state index is 14.3. The Morgan fingerprint density at radius 3 is 2.49 bits per heavy atom. The van der Waals surface area contributed by atoms with E-state index in [1.165, 1.54) is 23.1 Å². The fourth-order valence-corrected chi connectivity index (χ4v) is 5.21. The summed E-state index contributed by atoms with van der Waals surface area (Å²) < 4.78 is 19.8. The predicted octanol–water partition coefficient (Wildman–Crippen LogP) is 2.78. The number of hydrogen-bond acceptors (Lipinski definition) is 7. The average molecular weight is 514 g/mol. The maximum Gasteiger partial charge on any atom is 0.312 e. The minimum Gasteiger partial charge on any atom is -0.462 e. The van der Waals surface area contributed by atoms with Gasteiger partial charge in [0.1, 0.15) is 18.5 Å². The van der Waals surface area contributed by atoms with Crippen LogP contribution in [0.3, 0.4) is 0 Å². The molecule has 1 aromatic carbocycles. The van der Waals surface area contributed by atoms with Crippen molar-refractivity contribution < 1.29 is 28.9 Å². The van der Waals surface area contributed by atoms with Gasteiger partial charge in [-0.2, -0.15) is 0 Å². The highest BCUT2D eigenvalue weighted by molar-refractivity contribution is 5.94. The SMILES string of the molecule is O=C(c1ccccc1F)N1CCCCC2(CCN(Cc3ccccn3)CC2)C(=O)OC[C@@H](O)[C@@H](O)CC1. The molecule has 1 aromatic heterocycles. The van der Waals surface area contributed by atoms with Crippen LogP contribution in [0.25, 0.3) is 0 Å². The zero-order valence-electron chi connectivity index (χ0n) is 21.1. The van der Waals surface area contributed by atoms with Gasteiger partial charge in [0.15, 0.2) is 0 Å². The first-order valence-corrected chi connectivity index (χ1v) is 13.1. The molecule has 4 rings (SSSR count). The third-order valence-electron chi connectivity index (χ3n) is 7.61. The number of hydrogen-bond donors (Lipinski definition) is 2. The van der Waals surface area contributed by atoms with Crippen molar-refractivity contribution >= 4 is 11.9 Å². The summed E-state index contributed by atoms with van der Waals surface area (Å²) in [5.41, 5.74) is 0.282. The van der Waals surface area contributed by atoms with E-state index in [0.29, 0.717) is 45.2 Å². The number of carbonyl (C=O) groups excluding carboxylic acids is 2. The van der Waals surface area contributed by atoms with E-state index >= 15 is 0 Å². The lowest BCUT2D eigenvalue weighted by atomic mass is 9.74. The molecule has 3 heterocycles. The van der Waals surface area contributed by atoms with Gasteiger partial charge < -0.3 is 19.8 Å². The largest absolute Gasteiger partial charge is 0.462 e. The molecule has 0 radical (unpaired) electrons. The monoisotopic (exact) mass is 513 g/mol. The molecule has 1 spiro atoms. The number of nitrogens with zero attached hydrogens (tertiary/aromatic N) is 3. The number of benzene rings is 1. The van der Waals surface area contributed by atoms with Crippen LogP contribution in [0.15, 0.2) is 48.7 Å². The van der Waals surface area contributed by atoms with Crippen LogP contribution in [-0.4, -0.2) is 81.9 Å². The van der Waals surface area contributed by atoms with Gasteiger partial charge in [0, 0.05) is 25.8 Å². The highest BCUT2D eigenvalue weighted by atomic mass is 19.1. The second-order valence-electron chi connectivity index (χ2n) is 10.1. The van der Waals surface area contributed by atoms with Crippen molar-refractivity contribution in [2.75, 3.05) is 32.8 Å². The number of ether oxygens (including phenoxy) is 1. The second kappa shape index (κ2) is 12.6. The van der Waals surface area contributed by atoms with E-state index in [-0.39, 0.29) is 31.1 Å². The van der Waals surface area contributed by atoms with Crippen LogP contribution >= 0.6 is 0 Å². The van der Waals surface area contributed by atoms with Crippen molar-refractivity contribution in [1.29, 1.82) is 0 Å². The van der Waals surface area contributed by atoms with E-state index in [0.717, 1.165) is 18.8 Å². The smallest absolute Gasteiger partial charge is 0.312 e. The standard InChI is InChI=1S/C28H36FN3O5/c29-23-9-2-1-8-22(23)26(35)32-15-6-4-11-28(27(36)37-20-25(34)24(33)10-16-32)12-17-31(18-13-28)19-21-7-3-5-14-30-21/h1-3,5,7-9,14,24-25,33-34H,4,6,10-13,15-20H2/t24-,25+/m0/s1. The predicted molar refractivity (Wildman–Crippen MR) is 135 cm³/mol. The Morgan fingerprint density at radius 1 is 1.00 bits per heavy atom. The van der Waals surface area contributed by atoms with E-state index in [2.05, 4.69) is 9.88 Å². The molecule has 9 heteroatoms. The van der Waals surface area contributed by atoms with Crippen LogP contribution < -0.4 is 0 Å². The molecule has 200 valence electrons. The Hall–Kier alpha value is -2.88. The first-order chi connectivity index (χ1) is 17.9. The number of aliphatic hydroxyl groups excluding tert-OH is 2. The van der Waals surface area contributed by atoms with Crippen molar-refractivity contribution in [2.45, 2.75) is 57.3 Å². The number of esters is 1. The van der Waals surface area contributed by atoms with Gasteiger partial charge in [-0.25, -0.2) is 4.39 Å². The Bertz CT molecular complexity index is 1050. The topological polar surface area (TPSA) is 103 Å². The molecule has 2 atom stereocenters. The number of aliphatic hydroxyl groups is 2. The number of likely N-dealkylation sites (tertiary alicyclic amines) is 1. The van der Waals surface area contributed by atoms with Gasteiger partial charge in [-0.15, -0.1) is 0 Å². The Balaban J connectivity index is 1.44. The molecular weight excluding hydrogens is 477 g/mol. The summed E-state index contributed by atoms with van der Waals surface area (Å²) in [5, 5.41) is 20.9. The van der Waals surface area contributed by atoms with Crippen LogP contribution in [0.4, 0.5) is 4.39 Å². The number of pyridine rings is 1. The molecule has 8 nitrogen and oxygen atoms in total. The first-order valence-electron chi connectivity index (χ1n) is 13.1. The number of rotatable bonds is 3. The lowest BCUT2D eigenvalue weighted by Crippen LogP contribution is -2.46. The molecule has 1 amide bonds. The van der Waals surface area contributed by atoms with Crippen LogP contribution in [-0.2, 0) is 16.1 Å². The van der Waals surface area contributed by atoms with E-state index in [4.69, 9.17) is 4.74 Å². The van der Waals surface area contributed by atoms with Crippen molar-refractivity contribution in [3.8, 4) is 0 Å². The van der Waals surface area contributed by atoms with Gasteiger partial charge in [0.2, 0.25) is 0 Å². The van der Waals surface area contributed by atoms with Crippen LogP contribution in [0.2, 0.25) is 0 Å². The molecule has 0 bridgehead atoms. The van der Waals surface area contributed by atoms with Crippen molar-refractivity contribution in [1.82, 2.24) is 14.8 Å². The highest BCUT2D eigenvalue weighted by Gasteiger charge is 2.42. The summed E-state index contributed by atoms with van der Waals surface area (Å²) in [6.45, 7) is 2.37. The Labute approximate surface area is 217 Å². The van der Waals surface area contributed by atoms with Crippen molar-refractivity contribution in [3.05, 3.63) is 65.7 Å². The molecule has 0 aliphatic carbocycles. The van der Waals surface area contributed by atoms with E-state index in [1.54, 1.807) is 12.3 Å². The molecule has 37 heavy (non-hydrogen) atoms. The van der Waals surface area contributed by atoms with Gasteiger partial charge >= 0.3 is 5.97 Å². The minimum atomic E-state index is -1.27. The molecular formula is C28H36FN3O5. The molecule has 2 aromatic rings. The van der Waals surface area contributed by atoms with Crippen LogP contribution in [0.1, 0.15) is 54.6 Å². The summed E-state index contributed by atoms with van der Waals surface area (Å²) in [7, 11) is 0. The molecule has 2 saturated heterocycles. The highest BCUT2D eigenvalue weighted by Crippen LogP contribution is 2.38.